The van der Waals surface area contributed by atoms with Crippen LogP contribution in [0.5, 0.6) is 0 Å². The smallest absolute Gasteiger partial charge is 0.408 e. The van der Waals surface area contributed by atoms with Crippen LogP contribution in [0.25, 0.3) is 0 Å². The van der Waals surface area contributed by atoms with E-state index < -0.39 is 29.6 Å². The number of nitrogens with two attached hydrogens (primary N) is 1. The molecule has 2 amide bonds. The number of anilines is 2. The van der Waals surface area contributed by atoms with Gasteiger partial charge in [0, 0.05) is 0 Å². The second-order valence-electron chi connectivity index (χ2n) is 7.52. The number of halogens is 2. The minimum atomic E-state index is -1.70. The van der Waals surface area contributed by atoms with Gasteiger partial charge in [0.15, 0.2) is 0 Å². The van der Waals surface area contributed by atoms with Crippen molar-refractivity contribution in [1.29, 1.82) is 0 Å². The molecule has 0 aliphatic carbocycles. The van der Waals surface area contributed by atoms with Crippen molar-refractivity contribution in [1.82, 2.24) is 5.32 Å². The highest BCUT2D eigenvalue weighted by Gasteiger charge is 2.32. The van der Waals surface area contributed by atoms with Crippen molar-refractivity contribution < 1.29 is 23.9 Å². The largest absolute Gasteiger partial charge is 0.459 e. The van der Waals surface area contributed by atoms with Crippen LogP contribution in [0, 0.1) is 0 Å². The Morgan fingerprint density at radius 2 is 1.68 bits per heavy atom. The Bertz CT molecular complexity index is 961. The molecular weight excluding hydrogens is 445 g/mol. The monoisotopic (exact) mass is 467 g/mol. The predicted octanol–water partition coefficient (Wildman–Crippen LogP) is 4.15. The molecule has 2 aromatic carbocycles. The molecule has 1 atom stereocenters. The van der Waals surface area contributed by atoms with E-state index >= 15 is 0 Å². The maximum Gasteiger partial charge on any atom is 0.408 e. The van der Waals surface area contributed by atoms with Gasteiger partial charge in [0.2, 0.25) is 6.04 Å². The summed E-state index contributed by atoms with van der Waals surface area (Å²) in [7, 11) is 0. The van der Waals surface area contributed by atoms with E-state index in [1.54, 1.807) is 45.0 Å². The lowest BCUT2D eigenvalue weighted by atomic mass is 10.2. The Labute approximate surface area is 190 Å². The summed E-state index contributed by atoms with van der Waals surface area (Å²) >= 11 is 11.9. The quantitative estimate of drug-likeness (QED) is 0.333. The molecule has 0 saturated heterocycles. The number of hydrogen-bond acceptors (Lipinski definition) is 6. The highest BCUT2D eigenvalue weighted by atomic mass is 35.5. The van der Waals surface area contributed by atoms with Crippen molar-refractivity contribution in [3.63, 3.8) is 0 Å². The standard InChI is InChI=1S/C21H23Cl2N3O5/c1-21(2,3)31-20(29)26-17(19(28)30-11-12-7-5-4-6-8-12)18(27)25-16-10-14(23)13(22)9-15(16)24/h4-10,17H,11,24H2,1-3H3,(H,25,27)(H,26,29)/t17-/m1/s1. The fourth-order valence-electron chi connectivity index (χ4n) is 2.34. The van der Waals surface area contributed by atoms with Crippen LogP contribution in [0.4, 0.5) is 16.2 Å². The Morgan fingerprint density at radius 3 is 2.29 bits per heavy atom. The lowest BCUT2D eigenvalue weighted by molar-refractivity contribution is -0.149. The molecule has 0 saturated carbocycles. The molecule has 0 spiro atoms. The van der Waals surface area contributed by atoms with E-state index in [0.717, 1.165) is 0 Å². The number of esters is 1. The molecule has 8 nitrogen and oxygen atoms in total. The van der Waals surface area contributed by atoms with Crippen LogP contribution in [0.15, 0.2) is 42.5 Å². The summed E-state index contributed by atoms with van der Waals surface area (Å²) in [4.78, 5) is 37.6. The van der Waals surface area contributed by atoms with Gasteiger partial charge in [-0.05, 0) is 38.5 Å². The number of hydrogen-bond donors (Lipinski definition) is 3. The van der Waals surface area contributed by atoms with Gasteiger partial charge in [-0.2, -0.15) is 0 Å². The first-order valence-electron chi connectivity index (χ1n) is 9.22. The van der Waals surface area contributed by atoms with Crippen molar-refractivity contribution in [2.24, 2.45) is 0 Å². The van der Waals surface area contributed by atoms with Gasteiger partial charge in [0.25, 0.3) is 5.91 Å². The third kappa shape index (κ3) is 7.66. The maximum atomic E-state index is 12.8. The van der Waals surface area contributed by atoms with E-state index in [1.807, 2.05) is 6.07 Å². The van der Waals surface area contributed by atoms with Crippen LogP contribution in [0.1, 0.15) is 26.3 Å². The van der Waals surface area contributed by atoms with Crippen molar-refractivity contribution >= 4 is 52.5 Å². The molecular formula is C21H23Cl2N3O5. The van der Waals surface area contributed by atoms with Gasteiger partial charge in [-0.3, -0.25) is 10.1 Å². The summed E-state index contributed by atoms with van der Waals surface area (Å²) in [6.45, 7) is 4.84. The molecule has 0 aromatic heterocycles. The number of nitrogen functional groups attached to an aromatic ring is 1. The average molecular weight is 468 g/mol. The van der Waals surface area contributed by atoms with Gasteiger partial charge in [-0.1, -0.05) is 53.5 Å². The van der Waals surface area contributed by atoms with Crippen LogP contribution in [-0.2, 0) is 25.7 Å². The zero-order valence-corrected chi connectivity index (χ0v) is 18.7. The molecule has 2 aromatic rings. The molecule has 0 aliphatic heterocycles. The zero-order chi connectivity index (χ0) is 23.2. The number of ether oxygens (including phenoxy) is 2. The molecule has 0 bridgehead atoms. The van der Waals surface area contributed by atoms with Gasteiger partial charge in [-0.25, -0.2) is 9.59 Å². The summed E-state index contributed by atoms with van der Waals surface area (Å²) in [5.74, 6) is -1.88. The lowest BCUT2D eigenvalue weighted by Gasteiger charge is -2.23. The van der Waals surface area contributed by atoms with Crippen LogP contribution in [0.2, 0.25) is 10.0 Å². The van der Waals surface area contributed by atoms with E-state index in [0.29, 0.717) is 5.56 Å². The first-order valence-corrected chi connectivity index (χ1v) is 9.97. The fourth-order valence-corrected chi connectivity index (χ4v) is 2.68. The summed E-state index contributed by atoms with van der Waals surface area (Å²) in [6.07, 6.45) is -0.966. The second-order valence-corrected chi connectivity index (χ2v) is 8.33. The number of rotatable bonds is 6. The summed E-state index contributed by atoms with van der Waals surface area (Å²) in [6, 6.07) is 9.85. The van der Waals surface area contributed by atoms with Gasteiger partial charge in [0.1, 0.15) is 12.2 Å². The van der Waals surface area contributed by atoms with Crippen molar-refractivity contribution in [2.45, 2.75) is 39.0 Å². The number of carbonyl (C=O) groups excluding carboxylic acids is 3. The normalized spacial score (nSPS) is 11.9. The summed E-state index contributed by atoms with van der Waals surface area (Å²) < 4.78 is 10.3. The van der Waals surface area contributed by atoms with Gasteiger partial charge >= 0.3 is 12.1 Å². The maximum absolute atomic E-state index is 12.8. The molecule has 4 N–H and O–H groups in total. The zero-order valence-electron chi connectivity index (χ0n) is 17.2. The predicted molar refractivity (Wildman–Crippen MR) is 119 cm³/mol. The Hall–Kier alpha value is -2.97. The van der Waals surface area contributed by atoms with Gasteiger partial charge in [-0.15, -0.1) is 0 Å². The molecule has 2 rings (SSSR count). The minimum Gasteiger partial charge on any atom is -0.459 e. The lowest BCUT2D eigenvalue weighted by Crippen LogP contribution is -2.51. The van der Waals surface area contributed by atoms with Crippen molar-refractivity contribution in [3.8, 4) is 0 Å². The number of nitrogens with one attached hydrogen (secondary N) is 2. The Kier molecular flexibility index (Phi) is 8.13. The molecule has 0 radical (unpaired) electrons. The molecule has 0 fully saturated rings. The van der Waals surface area contributed by atoms with E-state index in [2.05, 4.69) is 10.6 Å². The highest BCUT2D eigenvalue weighted by molar-refractivity contribution is 6.42. The Balaban J connectivity index is 2.19. The molecule has 31 heavy (non-hydrogen) atoms. The molecule has 166 valence electrons. The average Bonchev–Trinajstić information content (AvgIpc) is 2.67. The van der Waals surface area contributed by atoms with E-state index in [-0.39, 0.29) is 28.0 Å². The fraction of sp³-hybridized carbons (Fsp3) is 0.286. The molecule has 10 heteroatoms. The van der Waals surface area contributed by atoms with Gasteiger partial charge < -0.3 is 20.5 Å². The van der Waals surface area contributed by atoms with Crippen LogP contribution in [-0.4, -0.2) is 29.6 Å². The molecule has 0 unspecified atom stereocenters. The summed E-state index contributed by atoms with van der Waals surface area (Å²) in [5, 5.41) is 5.02. The van der Waals surface area contributed by atoms with Crippen LogP contribution < -0.4 is 16.4 Å². The highest BCUT2D eigenvalue weighted by Crippen LogP contribution is 2.30. The topological polar surface area (TPSA) is 120 Å². The SMILES string of the molecule is CC(C)(C)OC(=O)N[C@H](C(=O)Nc1cc(Cl)c(Cl)cc1N)C(=O)OCc1ccccc1. The number of amides is 2. The second kappa shape index (κ2) is 10.4. The molecule has 0 heterocycles. The van der Waals surface area contributed by atoms with Crippen LogP contribution >= 0.6 is 23.2 Å². The first kappa shape index (κ1) is 24.3. The third-order valence-corrected chi connectivity index (χ3v) is 4.46. The number of alkyl carbamates (subject to hydrolysis) is 1. The van der Waals surface area contributed by atoms with E-state index in [9.17, 15) is 14.4 Å². The van der Waals surface area contributed by atoms with Crippen molar-refractivity contribution in [2.75, 3.05) is 11.1 Å². The molecule has 0 aliphatic rings. The van der Waals surface area contributed by atoms with Crippen LogP contribution in [0.3, 0.4) is 0 Å². The third-order valence-electron chi connectivity index (χ3n) is 3.73. The number of benzene rings is 2. The minimum absolute atomic E-state index is 0.0889. The first-order chi connectivity index (χ1) is 14.5. The van der Waals surface area contributed by atoms with E-state index in [4.69, 9.17) is 38.4 Å². The Morgan fingerprint density at radius 1 is 1.06 bits per heavy atom. The van der Waals surface area contributed by atoms with Gasteiger partial charge in [0.05, 0.1) is 21.4 Å². The van der Waals surface area contributed by atoms with Crippen molar-refractivity contribution in [3.05, 3.63) is 58.1 Å². The van der Waals surface area contributed by atoms with E-state index in [1.165, 1.54) is 12.1 Å². The number of carbonyl (C=O) groups is 3. The summed E-state index contributed by atoms with van der Waals surface area (Å²) in [5.41, 5.74) is 5.96.